The van der Waals surface area contributed by atoms with E-state index in [0.717, 1.165) is 5.56 Å². The molecule has 0 aliphatic carbocycles. The highest BCUT2D eigenvalue weighted by molar-refractivity contribution is 6.21. The van der Waals surface area contributed by atoms with E-state index in [1.54, 1.807) is 13.1 Å². The van der Waals surface area contributed by atoms with E-state index in [1.165, 1.54) is 6.07 Å². The molecule has 0 aromatic carbocycles. The largest absolute Gasteiger partial charge is 0.291 e. The first-order valence-corrected chi connectivity index (χ1v) is 5.89. The Morgan fingerprint density at radius 3 is 2.59 bits per heavy atom. The van der Waals surface area contributed by atoms with Crippen LogP contribution in [-0.2, 0) is 6.42 Å². The fourth-order valence-electron chi connectivity index (χ4n) is 1.37. The summed E-state index contributed by atoms with van der Waals surface area (Å²) >= 11 is 6.25. The number of halogens is 1. The van der Waals surface area contributed by atoms with E-state index in [4.69, 9.17) is 11.6 Å². The highest BCUT2D eigenvalue weighted by atomic mass is 35.5. The van der Waals surface area contributed by atoms with Crippen LogP contribution >= 0.6 is 11.6 Å². The van der Waals surface area contributed by atoms with Crippen LogP contribution in [0.1, 0.15) is 32.0 Å². The maximum absolute atomic E-state index is 10.9. The van der Waals surface area contributed by atoms with E-state index in [0.29, 0.717) is 12.1 Å². The van der Waals surface area contributed by atoms with Crippen LogP contribution in [0.3, 0.4) is 0 Å². The molecule has 17 heavy (non-hydrogen) atoms. The van der Waals surface area contributed by atoms with Gasteiger partial charge >= 0.3 is 0 Å². The summed E-state index contributed by atoms with van der Waals surface area (Å²) in [7, 11) is 0. The Balaban J connectivity index is 3.03. The molecule has 0 aliphatic rings. The van der Waals surface area contributed by atoms with Crippen molar-refractivity contribution >= 4 is 17.3 Å². The molecule has 4 nitrogen and oxygen atoms in total. The first-order valence-electron chi connectivity index (χ1n) is 5.46. The van der Waals surface area contributed by atoms with Gasteiger partial charge in [-0.3, -0.25) is 15.1 Å². The second-order valence-electron chi connectivity index (χ2n) is 5.27. The van der Waals surface area contributed by atoms with E-state index in [-0.39, 0.29) is 16.5 Å². The smallest absolute Gasteiger partial charge is 0.258 e. The number of hydrogen-bond acceptors (Lipinski definition) is 3. The van der Waals surface area contributed by atoms with Crippen molar-refractivity contribution in [1.29, 1.82) is 0 Å². The molecule has 0 aliphatic heterocycles. The summed E-state index contributed by atoms with van der Waals surface area (Å²) in [5.74, 6) is 0. The molecule has 1 atom stereocenters. The monoisotopic (exact) mass is 256 g/mol. The Morgan fingerprint density at radius 2 is 2.12 bits per heavy atom. The lowest BCUT2D eigenvalue weighted by molar-refractivity contribution is -0.386. The number of rotatable bonds is 3. The fourth-order valence-corrected chi connectivity index (χ4v) is 1.52. The molecule has 1 unspecified atom stereocenters. The van der Waals surface area contributed by atoms with E-state index < -0.39 is 4.92 Å². The lowest BCUT2D eigenvalue weighted by atomic mass is 9.89. The molecule has 1 rings (SSSR count). The minimum absolute atomic E-state index is 0.0555. The molecular weight excluding hydrogens is 240 g/mol. The molecule has 94 valence electrons. The molecule has 0 saturated heterocycles. The second-order valence-corrected chi connectivity index (χ2v) is 5.80. The van der Waals surface area contributed by atoms with Crippen molar-refractivity contribution in [1.82, 2.24) is 4.98 Å². The van der Waals surface area contributed by atoms with Gasteiger partial charge in [0.25, 0.3) is 5.69 Å². The van der Waals surface area contributed by atoms with E-state index in [9.17, 15) is 10.1 Å². The van der Waals surface area contributed by atoms with Gasteiger partial charge in [-0.15, -0.1) is 11.6 Å². The van der Waals surface area contributed by atoms with Gasteiger partial charge in [-0.2, -0.15) is 0 Å². The zero-order valence-corrected chi connectivity index (χ0v) is 11.3. The summed E-state index contributed by atoms with van der Waals surface area (Å²) in [5, 5.41) is 10.7. The van der Waals surface area contributed by atoms with Crippen LogP contribution < -0.4 is 0 Å². The molecule has 1 aromatic heterocycles. The summed E-state index contributed by atoms with van der Waals surface area (Å²) in [5.41, 5.74) is 1.18. The average molecular weight is 257 g/mol. The molecule has 0 spiro atoms. The van der Waals surface area contributed by atoms with Crippen LogP contribution in [0.15, 0.2) is 12.3 Å². The maximum Gasteiger partial charge on any atom is 0.291 e. The SMILES string of the molecule is Cc1cnc(CC(Cl)C(C)(C)C)c([N+](=O)[O-])c1. The van der Waals surface area contributed by atoms with Crippen molar-refractivity contribution in [2.45, 2.75) is 39.5 Å². The maximum atomic E-state index is 10.9. The molecule has 5 heteroatoms. The van der Waals surface area contributed by atoms with Gasteiger partial charge in [0.1, 0.15) is 5.69 Å². The normalized spacial score (nSPS) is 13.5. The fraction of sp³-hybridized carbons (Fsp3) is 0.583. The van der Waals surface area contributed by atoms with Gasteiger partial charge in [0, 0.05) is 24.1 Å². The highest BCUT2D eigenvalue weighted by Gasteiger charge is 2.26. The molecule has 0 radical (unpaired) electrons. The van der Waals surface area contributed by atoms with Gasteiger partial charge in [0.05, 0.1) is 4.92 Å². The first kappa shape index (κ1) is 13.9. The number of hydrogen-bond donors (Lipinski definition) is 0. The van der Waals surface area contributed by atoms with Crippen LogP contribution in [0.25, 0.3) is 0 Å². The number of nitrogens with zero attached hydrogens (tertiary/aromatic N) is 2. The Hall–Kier alpha value is -1.16. The lowest BCUT2D eigenvalue weighted by Gasteiger charge is -2.24. The minimum atomic E-state index is -0.401. The van der Waals surface area contributed by atoms with E-state index in [1.807, 2.05) is 20.8 Å². The standard InChI is InChI=1S/C12H17ClN2O2/c1-8-5-10(15(16)17)9(14-7-8)6-11(13)12(2,3)4/h5,7,11H,6H2,1-4H3. The number of alkyl halides is 1. The zero-order valence-electron chi connectivity index (χ0n) is 10.5. The van der Waals surface area contributed by atoms with Crippen LogP contribution in [0, 0.1) is 22.5 Å². The third-order valence-electron chi connectivity index (χ3n) is 2.59. The van der Waals surface area contributed by atoms with Crippen LogP contribution in [0.2, 0.25) is 0 Å². The highest BCUT2D eigenvalue weighted by Crippen LogP contribution is 2.29. The van der Waals surface area contributed by atoms with Crippen molar-refractivity contribution in [3.8, 4) is 0 Å². The van der Waals surface area contributed by atoms with Crippen LogP contribution in [-0.4, -0.2) is 15.3 Å². The Bertz CT molecular complexity index is 427. The topological polar surface area (TPSA) is 56.0 Å². The summed E-state index contributed by atoms with van der Waals surface area (Å²) in [6, 6.07) is 1.54. The average Bonchev–Trinajstić information content (AvgIpc) is 2.18. The van der Waals surface area contributed by atoms with E-state index in [2.05, 4.69) is 4.98 Å². The summed E-state index contributed by atoms with van der Waals surface area (Å²) in [6.07, 6.45) is 2.04. The number of aryl methyl sites for hydroxylation is 1. The van der Waals surface area contributed by atoms with Crippen molar-refractivity contribution in [3.63, 3.8) is 0 Å². The van der Waals surface area contributed by atoms with E-state index >= 15 is 0 Å². The minimum Gasteiger partial charge on any atom is -0.258 e. The molecule has 0 N–H and O–H groups in total. The van der Waals surface area contributed by atoms with Gasteiger partial charge in [0.2, 0.25) is 0 Å². The molecule has 1 aromatic rings. The molecular formula is C12H17ClN2O2. The van der Waals surface area contributed by atoms with Gasteiger partial charge in [-0.25, -0.2) is 0 Å². The lowest BCUT2D eigenvalue weighted by Crippen LogP contribution is -2.23. The van der Waals surface area contributed by atoms with Gasteiger partial charge < -0.3 is 0 Å². The molecule has 0 amide bonds. The third kappa shape index (κ3) is 3.66. The zero-order chi connectivity index (χ0) is 13.2. The Morgan fingerprint density at radius 1 is 1.53 bits per heavy atom. The summed E-state index contributed by atoms with van der Waals surface area (Å²) in [6.45, 7) is 7.80. The van der Waals surface area contributed by atoms with Gasteiger partial charge in [-0.05, 0) is 17.9 Å². The number of pyridine rings is 1. The van der Waals surface area contributed by atoms with Crippen LogP contribution in [0.5, 0.6) is 0 Å². The van der Waals surface area contributed by atoms with Gasteiger partial charge in [0.15, 0.2) is 0 Å². The summed E-state index contributed by atoms with van der Waals surface area (Å²) in [4.78, 5) is 14.7. The predicted octanol–water partition coefficient (Wildman–Crippen LogP) is 3.49. The Labute approximate surface area is 106 Å². The summed E-state index contributed by atoms with van der Waals surface area (Å²) < 4.78 is 0. The van der Waals surface area contributed by atoms with Crippen molar-refractivity contribution < 1.29 is 4.92 Å². The predicted molar refractivity (Wildman–Crippen MR) is 68.4 cm³/mol. The molecule has 1 heterocycles. The molecule has 0 bridgehead atoms. The van der Waals surface area contributed by atoms with Crippen molar-refractivity contribution in [3.05, 3.63) is 33.6 Å². The quantitative estimate of drug-likeness (QED) is 0.473. The third-order valence-corrected chi connectivity index (χ3v) is 3.40. The van der Waals surface area contributed by atoms with Gasteiger partial charge in [-0.1, -0.05) is 20.8 Å². The van der Waals surface area contributed by atoms with Crippen molar-refractivity contribution in [2.75, 3.05) is 0 Å². The van der Waals surface area contributed by atoms with Crippen molar-refractivity contribution in [2.24, 2.45) is 5.41 Å². The van der Waals surface area contributed by atoms with Crippen LogP contribution in [0.4, 0.5) is 5.69 Å². The molecule has 0 saturated carbocycles. The first-order chi connectivity index (χ1) is 7.71. The second kappa shape index (κ2) is 5.00. The Kier molecular flexibility index (Phi) is 4.09. The number of aromatic nitrogens is 1. The molecule has 0 fully saturated rings. The number of nitro groups is 1.